The third-order valence-electron chi connectivity index (χ3n) is 3.37. The highest BCUT2D eigenvalue weighted by Gasteiger charge is 2.37. The van der Waals surface area contributed by atoms with Crippen molar-refractivity contribution in [1.82, 2.24) is 9.62 Å². The van der Waals surface area contributed by atoms with Gasteiger partial charge in [-0.2, -0.15) is 9.98 Å². The minimum Gasteiger partial charge on any atom is -0.306 e. The summed E-state index contributed by atoms with van der Waals surface area (Å²) < 4.78 is 26.6. The van der Waals surface area contributed by atoms with Crippen molar-refractivity contribution in [2.45, 2.75) is 38.6 Å². The maximum atomic E-state index is 12.0. The Hall–Kier alpha value is -0.640. The van der Waals surface area contributed by atoms with Gasteiger partial charge in [0.05, 0.1) is 11.8 Å². The number of piperidine rings is 1. The van der Waals surface area contributed by atoms with Gasteiger partial charge in [-0.05, 0) is 32.2 Å². The quantitative estimate of drug-likeness (QED) is 0.809. The van der Waals surface area contributed by atoms with Crippen LogP contribution in [0.3, 0.4) is 0 Å². The van der Waals surface area contributed by atoms with Crippen molar-refractivity contribution in [3.63, 3.8) is 0 Å². The summed E-state index contributed by atoms with van der Waals surface area (Å²) in [5.41, 5.74) is -0.900. The van der Waals surface area contributed by atoms with E-state index in [0.29, 0.717) is 25.2 Å². The van der Waals surface area contributed by atoms with Crippen LogP contribution in [0.15, 0.2) is 0 Å². The monoisotopic (exact) mass is 273 g/mol. The fourth-order valence-corrected chi connectivity index (χ4v) is 3.71. The van der Waals surface area contributed by atoms with Gasteiger partial charge in [-0.15, -0.1) is 0 Å². The lowest BCUT2D eigenvalue weighted by Gasteiger charge is -2.35. The zero-order valence-corrected chi connectivity index (χ0v) is 12.3. The molecule has 0 aliphatic carbocycles. The topological polar surface area (TPSA) is 73.2 Å². The number of nitriles is 1. The lowest BCUT2D eigenvalue weighted by atomic mass is 9.91. The van der Waals surface area contributed by atoms with E-state index in [1.807, 2.05) is 20.9 Å². The molecule has 1 fully saturated rings. The van der Waals surface area contributed by atoms with Gasteiger partial charge in [0.1, 0.15) is 5.54 Å². The van der Waals surface area contributed by atoms with Crippen molar-refractivity contribution in [3.8, 4) is 6.07 Å². The lowest BCUT2D eigenvalue weighted by molar-refractivity contribution is 0.213. The summed E-state index contributed by atoms with van der Waals surface area (Å²) in [6, 6.07) is 2.16. The van der Waals surface area contributed by atoms with E-state index in [4.69, 9.17) is 0 Å². The minimum atomic E-state index is -3.36. The molecule has 1 heterocycles. The van der Waals surface area contributed by atoms with Crippen molar-refractivity contribution in [2.24, 2.45) is 5.92 Å². The molecule has 1 aliphatic heterocycles. The SMILES string of the molecule is CC(C)CCS(=O)(=O)NC1(C#N)CCN(C)CC1. The molecular formula is C12H23N3O2S. The van der Waals surface area contributed by atoms with Crippen LogP contribution in [0.4, 0.5) is 0 Å². The molecule has 104 valence electrons. The zero-order valence-electron chi connectivity index (χ0n) is 11.4. The molecule has 0 saturated carbocycles. The van der Waals surface area contributed by atoms with Crippen molar-refractivity contribution < 1.29 is 8.42 Å². The standard InChI is InChI=1S/C12H23N3O2S/c1-11(2)4-9-18(16,17)14-12(10-13)5-7-15(3)8-6-12/h11,14H,4-9H2,1-3H3. The van der Waals surface area contributed by atoms with Gasteiger partial charge in [-0.3, -0.25) is 0 Å². The Balaban J connectivity index is 2.66. The third-order valence-corrected chi connectivity index (χ3v) is 4.84. The van der Waals surface area contributed by atoms with E-state index in [1.165, 1.54) is 0 Å². The molecule has 0 spiro atoms. The van der Waals surface area contributed by atoms with E-state index in [-0.39, 0.29) is 5.75 Å². The highest BCUT2D eigenvalue weighted by Crippen LogP contribution is 2.22. The van der Waals surface area contributed by atoms with Gasteiger partial charge in [0, 0.05) is 13.1 Å². The maximum Gasteiger partial charge on any atom is 0.212 e. The molecule has 0 atom stereocenters. The van der Waals surface area contributed by atoms with Gasteiger partial charge < -0.3 is 4.90 Å². The average molecular weight is 273 g/mol. The van der Waals surface area contributed by atoms with Crippen LogP contribution >= 0.6 is 0 Å². The Labute approximate surface area is 110 Å². The van der Waals surface area contributed by atoms with Crippen molar-refractivity contribution in [1.29, 1.82) is 5.26 Å². The highest BCUT2D eigenvalue weighted by atomic mass is 32.2. The van der Waals surface area contributed by atoms with E-state index >= 15 is 0 Å². The molecule has 1 saturated heterocycles. The molecule has 1 N–H and O–H groups in total. The number of rotatable bonds is 5. The van der Waals surface area contributed by atoms with Crippen LogP contribution in [0, 0.1) is 17.2 Å². The average Bonchev–Trinajstić information content (AvgIpc) is 2.30. The number of nitrogens with zero attached hydrogens (tertiary/aromatic N) is 2. The van der Waals surface area contributed by atoms with E-state index < -0.39 is 15.6 Å². The summed E-state index contributed by atoms with van der Waals surface area (Å²) in [4.78, 5) is 2.11. The van der Waals surface area contributed by atoms with Gasteiger partial charge in [0.2, 0.25) is 10.0 Å². The summed E-state index contributed by atoms with van der Waals surface area (Å²) in [6.07, 6.45) is 1.73. The molecule has 5 nitrogen and oxygen atoms in total. The Morgan fingerprint density at radius 2 is 1.94 bits per heavy atom. The summed E-state index contributed by atoms with van der Waals surface area (Å²) in [7, 11) is -1.37. The zero-order chi connectivity index (χ0) is 13.8. The molecular weight excluding hydrogens is 250 g/mol. The number of nitrogens with one attached hydrogen (secondary N) is 1. The number of hydrogen-bond acceptors (Lipinski definition) is 4. The van der Waals surface area contributed by atoms with Crippen LogP contribution in [0.2, 0.25) is 0 Å². The Kier molecular flexibility index (Phi) is 5.14. The molecule has 0 bridgehead atoms. The van der Waals surface area contributed by atoms with E-state index in [1.54, 1.807) is 0 Å². The summed E-state index contributed by atoms with van der Waals surface area (Å²) in [6.45, 7) is 5.48. The first-order valence-electron chi connectivity index (χ1n) is 6.40. The van der Waals surface area contributed by atoms with Gasteiger partial charge in [-0.1, -0.05) is 13.8 Å². The van der Waals surface area contributed by atoms with E-state index in [0.717, 1.165) is 13.1 Å². The summed E-state index contributed by atoms with van der Waals surface area (Å²) in [5.74, 6) is 0.446. The van der Waals surface area contributed by atoms with Crippen molar-refractivity contribution >= 4 is 10.0 Å². The molecule has 1 rings (SSSR count). The van der Waals surface area contributed by atoms with E-state index in [2.05, 4.69) is 15.7 Å². The summed E-state index contributed by atoms with van der Waals surface area (Å²) in [5, 5.41) is 9.27. The minimum absolute atomic E-state index is 0.101. The van der Waals surface area contributed by atoms with Gasteiger partial charge in [0.15, 0.2) is 0 Å². The number of sulfonamides is 1. The Morgan fingerprint density at radius 1 is 1.39 bits per heavy atom. The summed E-state index contributed by atoms with van der Waals surface area (Å²) >= 11 is 0. The third kappa shape index (κ3) is 4.56. The molecule has 18 heavy (non-hydrogen) atoms. The smallest absolute Gasteiger partial charge is 0.212 e. The normalized spacial score (nSPS) is 20.8. The van der Waals surface area contributed by atoms with Gasteiger partial charge in [0.25, 0.3) is 0 Å². The van der Waals surface area contributed by atoms with E-state index in [9.17, 15) is 13.7 Å². The van der Waals surface area contributed by atoms with Crippen LogP contribution in [-0.4, -0.2) is 44.7 Å². The fraction of sp³-hybridized carbons (Fsp3) is 0.917. The second-order valence-corrected chi connectivity index (χ2v) is 7.44. The Bertz CT molecular complexity index is 404. The second-order valence-electron chi connectivity index (χ2n) is 5.60. The van der Waals surface area contributed by atoms with Crippen molar-refractivity contribution in [3.05, 3.63) is 0 Å². The molecule has 0 aromatic heterocycles. The first-order chi connectivity index (χ1) is 8.29. The molecule has 0 amide bonds. The first kappa shape index (κ1) is 15.4. The van der Waals surface area contributed by atoms with Crippen molar-refractivity contribution in [2.75, 3.05) is 25.9 Å². The van der Waals surface area contributed by atoms with Crippen LogP contribution in [0.5, 0.6) is 0 Å². The lowest BCUT2D eigenvalue weighted by Crippen LogP contribution is -2.54. The highest BCUT2D eigenvalue weighted by molar-refractivity contribution is 7.89. The molecule has 6 heteroatoms. The van der Waals surface area contributed by atoms with Gasteiger partial charge in [-0.25, -0.2) is 8.42 Å². The predicted molar refractivity (Wildman–Crippen MR) is 71.5 cm³/mol. The molecule has 0 aromatic carbocycles. The number of likely N-dealkylation sites (tertiary alicyclic amines) is 1. The van der Waals surface area contributed by atoms with Crippen LogP contribution in [0.25, 0.3) is 0 Å². The van der Waals surface area contributed by atoms with Crippen LogP contribution in [0.1, 0.15) is 33.1 Å². The number of hydrogen-bond donors (Lipinski definition) is 1. The molecule has 0 aromatic rings. The van der Waals surface area contributed by atoms with Crippen LogP contribution in [-0.2, 0) is 10.0 Å². The van der Waals surface area contributed by atoms with Gasteiger partial charge >= 0.3 is 0 Å². The second kappa shape index (κ2) is 6.00. The molecule has 0 unspecified atom stereocenters. The first-order valence-corrected chi connectivity index (χ1v) is 8.05. The molecule has 1 aliphatic rings. The Morgan fingerprint density at radius 3 is 2.39 bits per heavy atom. The fourth-order valence-electron chi connectivity index (χ4n) is 1.98. The largest absolute Gasteiger partial charge is 0.306 e. The predicted octanol–water partition coefficient (Wildman–Crippen LogP) is 0.940. The maximum absolute atomic E-state index is 12.0. The van der Waals surface area contributed by atoms with Crippen LogP contribution < -0.4 is 4.72 Å². The molecule has 0 radical (unpaired) electrons.